The quantitative estimate of drug-likeness (QED) is 0.804. The van der Waals surface area contributed by atoms with E-state index in [0.717, 1.165) is 38.8 Å². The van der Waals surface area contributed by atoms with E-state index in [2.05, 4.69) is 15.3 Å². The van der Waals surface area contributed by atoms with Gasteiger partial charge in [-0.3, -0.25) is 4.79 Å². The van der Waals surface area contributed by atoms with Crippen LogP contribution in [0.15, 0.2) is 30.6 Å². The molecule has 0 spiro atoms. The van der Waals surface area contributed by atoms with Gasteiger partial charge >= 0.3 is 5.97 Å². The van der Waals surface area contributed by atoms with Crippen molar-refractivity contribution in [3.8, 4) is 0 Å². The van der Waals surface area contributed by atoms with Crippen LogP contribution >= 0.6 is 11.6 Å². The van der Waals surface area contributed by atoms with Gasteiger partial charge in [-0.15, -0.1) is 0 Å². The number of methoxy groups -OCH3 is 1. The van der Waals surface area contributed by atoms with Gasteiger partial charge in [-0.25, -0.2) is 14.8 Å². The number of nitrogens with one attached hydrogen (secondary N) is 1. The lowest BCUT2D eigenvalue weighted by Gasteiger charge is -2.19. The number of aromatic nitrogens is 2. The van der Waals surface area contributed by atoms with E-state index in [1.807, 2.05) is 4.90 Å². The number of carbonyl (C=O) groups excluding carboxylic acids is 2. The van der Waals surface area contributed by atoms with Crippen LogP contribution in [0.3, 0.4) is 0 Å². The average Bonchev–Trinajstić information content (AvgIpc) is 2.98. The van der Waals surface area contributed by atoms with Crippen LogP contribution in [0.2, 0.25) is 5.02 Å². The number of benzene rings is 1. The summed E-state index contributed by atoms with van der Waals surface area (Å²) in [5.41, 5.74) is 1.18. The molecule has 1 aliphatic rings. The van der Waals surface area contributed by atoms with Crippen LogP contribution in [-0.4, -0.2) is 46.9 Å². The van der Waals surface area contributed by atoms with Gasteiger partial charge in [0.15, 0.2) is 0 Å². The number of halogens is 1. The third kappa shape index (κ3) is 4.74. The summed E-state index contributed by atoms with van der Waals surface area (Å²) in [7, 11) is 1.31. The Morgan fingerprint density at radius 1 is 1.11 bits per heavy atom. The number of ether oxygens (including phenoxy) is 1. The maximum atomic E-state index is 12.7. The molecule has 0 atom stereocenters. The number of amides is 1. The Kier molecular flexibility index (Phi) is 6.24. The first-order chi connectivity index (χ1) is 13.1. The Balaban J connectivity index is 1.80. The molecule has 1 N–H and O–H groups in total. The minimum atomic E-state index is -0.463. The van der Waals surface area contributed by atoms with E-state index in [-0.39, 0.29) is 5.91 Å². The molecule has 1 saturated heterocycles. The van der Waals surface area contributed by atoms with Gasteiger partial charge < -0.3 is 15.0 Å². The summed E-state index contributed by atoms with van der Waals surface area (Å²) in [5, 5.41) is 3.46. The van der Waals surface area contributed by atoms with Crippen LogP contribution in [-0.2, 0) is 4.74 Å². The Hall–Kier alpha value is -2.67. The summed E-state index contributed by atoms with van der Waals surface area (Å²) in [5.74, 6) is -0.140. The fourth-order valence-electron chi connectivity index (χ4n) is 2.98. The van der Waals surface area contributed by atoms with E-state index in [9.17, 15) is 9.59 Å². The first-order valence-corrected chi connectivity index (χ1v) is 9.22. The molecule has 2 heterocycles. The molecule has 3 rings (SSSR count). The highest BCUT2D eigenvalue weighted by Crippen LogP contribution is 2.26. The molecule has 0 radical (unpaired) electrons. The maximum Gasteiger partial charge on any atom is 0.337 e. The fraction of sp³-hybridized carbons (Fsp3) is 0.368. The molecule has 1 amide bonds. The number of hydrogen-bond donors (Lipinski definition) is 1. The van der Waals surface area contributed by atoms with Gasteiger partial charge in [0.2, 0.25) is 0 Å². The van der Waals surface area contributed by atoms with Crippen molar-refractivity contribution < 1.29 is 14.3 Å². The van der Waals surface area contributed by atoms with Gasteiger partial charge in [0.25, 0.3) is 5.91 Å². The first kappa shape index (κ1) is 19.1. The molecule has 0 bridgehead atoms. The second-order valence-electron chi connectivity index (χ2n) is 6.31. The molecule has 1 aromatic heterocycles. The molecule has 8 heteroatoms. The largest absolute Gasteiger partial charge is 0.465 e. The van der Waals surface area contributed by atoms with Crippen molar-refractivity contribution >= 4 is 35.0 Å². The number of esters is 1. The van der Waals surface area contributed by atoms with Crippen molar-refractivity contribution in [1.29, 1.82) is 0 Å². The number of rotatable bonds is 4. The highest BCUT2D eigenvalue weighted by Gasteiger charge is 2.19. The van der Waals surface area contributed by atoms with E-state index in [1.54, 1.807) is 24.3 Å². The van der Waals surface area contributed by atoms with Gasteiger partial charge in [0, 0.05) is 19.2 Å². The minimum Gasteiger partial charge on any atom is -0.465 e. The lowest BCUT2D eigenvalue weighted by Crippen LogP contribution is -2.32. The van der Waals surface area contributed by atoms with Gasteiger partial charge in [-0.2, -0.15) is 0 Å². The monoisotopic (exact) mass is 388 g/mol. The van der Waals surface area contributed by atoms with E-state index >= 15 is 0 Å². The summed E-state index contributed by atoms with van der Waals surface area (Å²) >= 11 is 6.20. The molecular formula is C19H21ClN4O3. The SMILES string of the molecule is COC(=O)c1ccc(Cl)c(Nc2cc(C(=O)N3CCCCCC3)ncn2)c1. The number of carbonyl (C=O) groups is 2. The summed E-state index contributed by atoms with van der Waals surface area (Å²) < 4.78 is 4.72. The Morgan fingerprint density at radius 3 is 2.56 bits per heavy atom. The van der Waals surface area contributed by atoms with Gasteiger partial charge in [-0.05, 0) is 31.0 Å². The Bertz CT molecular complexity index is 835. The second-order valence-corrected chi connectivity index (χ2v) is 6.71. The smallest absolute Gasteiger partial charge is 0.337 e. The van der Waals surface area contributed by atoms with Crippen LogP contribution in [0.5, 0.6) is 0 Å². The third-order valence-electron chi connectivity index (χ3n) is 4.43. The third-order valence-corrected chi connectivity index (χ3v) is 4.76. The predicted molar refractivity (Wildman–Crippen MR) is 102 cm³/mol. The number of nitrogens with zero attached hydrogens (tertiary/aromatic N) is 3. The topological polar surface area (TPSA) is 84.4 Å². The normalized spacial score (nSPS) is 14.4. The van der Waals surface area contributed by atoms with Crippen molar-refractivity contribution in [3.63, 3.8) is 0 Å². The predicted octanol–water partition coefficient (Wildman–Crippen LogP) is 3.68. The van der Waals surface area contributed by atoms with Crippen LogP contribution in [0, 0.1) is 0 Å². The Morgan fingerprint density at radius 2 is 1.85 bits per heavy atom. The molecule has 1 fully saturated rings. The summed E-state index contributed by atoms with van der Waals surface area (Å²) in [6.45, 7) is 1.50. The number of likely N-dealkylation sites (tertiary alicyclic amines) is 1. The fourth-order valence-corrected chi connectivity index (χ4v) is 3.15. The van der Waals surface area contributed by atoms with E-state index < -0.39 is 5.97 Å². The molecule has 0 aliphatic carbocycles. The number of anilines is 2. The molecule has 1 aromatic carbocycles. The maximum absolute atomic E-state index is 12.7. The zero-order valence-corrected chi connectivity index (χ0v) is 15.8. The summed E-state index contributed by atoms with van der Waals surface area (Å²) in [6, 6.07) is 6.34. The van der Waals surface area contributed by atoms with Gasteiger partial charge in [-0.1, -0.05) is 24.4 Å². The molecule has 1 aliphatic heterocycles. The van der Waals surface area contributed by atoms with Gasteiger partial charge in [0.1, 0.15) is 17.8 Å². The Labute approximate surface area is 162 Å². The summed E-state index contributed by atoms with van der Waals surface area (Å²) in [6.07, 6.45) is 5.66. The van der Waals surface area contributed by atoms with Crippen molar-refractivity contribution in [2.75, 3.05) is 25.5 Å². The minimum absolute atomic E-state index is 0.100. The highest BCUT2D eigenvalue weighted by molar-refractivity contribution is 6.33. The lowest BCUT2D eigenvalue weighted by molar-refractivity contribution is 0.0600. The molecule has 2 aromatic rings. The second kappa shape index (κ2) is 8.81. The van der Waals surface area contributed by atoms with Crippen molar-refractivity contribution in [3.05, 3.63) is 46.9 Å². The van der Waals surface area contributed by atoms with Gasteiger partial charge in [0.05, 0.1) is 23.4 Å². The van der Waals surface area contributed by atoms with Crippen LogP contribution in [0.25, 0.3) is 0 Å². The number of hydrogen-bond acceptors (Lipinski definition) is 6. The molecule has 7 nitrogen and oxygen atoms in total. The molecule has 0 saturated carbocycles. The molecular weight excluding hydrogens is 368 g/mol. The van der Waals surface area contributed by atoms with E-state index in [0.29, 0.717) is 27.8 Å². The average molecular weight is 389 g/mol. The van der Waals surface area contributed by atoms with Crippen LogP contribution < -0.4 is 5.32 Å². The standard InChI is InChI=1S/C19H21ClN4O3/c1-27-19(26)13-6-7-14(20)15(10-13)23-17-11-16(21-12-22-17)18(25)24-8-4-2-3-5-9-24/h6-7,10-12H,2-5,8-9H2,1H3,(H,21,22,23). The van der Waals surface area contributed by atoms with E-state index in [4.69, 9.17) is 16.3 Å². The van der Waals surface area contributed by atoms with Crippen LogP contribution in [0.4, 0.5) is 11.5 Å². The molecule has 142 valence electrons. The van der Waals surface area contributed by atoms with Crippen molar-refractivity contribution in [2.24, 2.45) is 0 Å². The zero-order valence-electron chi connectivity index (χ0n) is 15.1. The van der Waals surface area contributed by atoms with E-state index in [1.165, 1.54) is 13.4 Å². The molecule has 0 unspecified atom stereocenters. The van der Waals surface area contributed by atoms with Crippen molar-refractivity contribution in [2.45, 2.75) is 25.7 Å². The highest BCUT2D eigenvalue weighted by atomic mass is 35.5. The summed E-state index contributed by atoms with van der Waals surface area (Å²) in [4.78, 5) is 34.5. The molecule has 27 heavy (non-hydrogen) atoms. The lowest BCUT2D eigenvalue weighted by atomic mass is 10.2. The van der Waals surface area contributed by atoms with Crippen LogP contribution in [0.1, 0.15) is 46.5 Å². The van der Waals surface area contributed by atoms with Crippen molar-refractivity contribution in [1.82, 2.24) is 14.9 Å². The zero-order chi connectivity index (χ0) is 19.2. The first-order valence-electron chi connectivity index (χ1n) is 8.84.